The molecule has 8 heteroatoms. The van der Waals surface area contributed by atoms with E-state index in [1.54, 1.807) is 12.1 Å². The summed E-state index contributed by atoms with van der Waals surface area (Å²) in [6.45, 7) is -0.0700. The van der Waals surface area contributed by atoms with Crippen LogP contribution in [0.2, 0.25) is 0 Å². The van der Waals surface area contributed by atoms with Gasteiger partial charge in [-0.15, -0.1) is 0 Å². The van der Waals surface area contributed by atoms with Crippen molar-refractivity contribution in [3.05, 3.63) is 99.6 Å². The fraction of sp³-hybridized carbons (Fsp3) is 0.200. The van der Waals surface area contributed by atoms with Gasteiger partial charge in [-0.25, -0.2) is 4.79 Å². The van der Waals surface area contributed by atoms with E-state index >= 15 is 0 Å². The number of fused-ring (bicyclic) bond motifs is 6. The molecule has 6 rings (SSSR count). The number of nitro groups is 1. The molecule has 3 aromatic rings. The Morgan fingerprint density at radius 1 is 1.03 bits per heavy atom. The molecule has 2 heterocycles. The lowest BCUT2D eigenvalue weighted by molar-refractivity contribution is -0.384. The van der Waals surface area contributed by atoms with Gasteiger partial charge in [-0.2, -0.15) is 0 Å². The number of β-lactam (4-membered cyclic amide) rings is 1. The fourth-order valence-corrected chi connectivity index (χ4v) is 5.16. The van der Waals surface area contributed by atoms with Gasteiger partial charge in [0.15, 0.2) is 11.6 Å². The highest BCUT2D eigenvalue weighted by atomic mass is 16.6. The summed E-state index contributed by atoms with van der Waals surface area (Å²) >= 11 is 0. The van der Waals surface area contributed by atoms with Crippen molar-refractivity contribution in [2.75, 3.05) is 0 Å². The Morgan fingerprint density at radius 2 is 1.64 bits per heavy atom. The first-order chi connectivity index (χ1) is 16.0. The molecule has 0 radical (unpaired) electrons. The number of nitrogens with zero attached hydrogens (tertiary/aromatic N) is 2. The van der Waals surface area contributed by atoms with Crippen LogP contribution in [-0.4, -0.2) is 34.0 Å². The summed E-state index contributed by atoms with van der Waals surface area (Å²) in [5.74, 6) is -0.730. The van der Waals surface area contributed by atoms with Crippen LogP contribution in [-0.2, 0) is 31.3 Å². The number of esters is 1. The first-order valence-electron chi connectivity index (χ1n) is 10.6. The Morgan fingerprint density at radius 3 is 2.21 bits per heavy atom. The predicted molar refractivity (Wildman–Crippen MR) is 116 cm³/mol. The maximum atomic E-state index is 13.5. The quantitative estimate of drug-likeness (QED) is 0.265. The van der Waals surface area contributed by atoms with Gasteiger partial charge in [-0.3, -0.25) is 19.8 Å². The van der Waals surface area contributed by atoms with Crippen LogP contribution in [0, 0.1) is 10.1 Å². The zero-order valence-electron chi connectivity index (χ0n) is 17.3. The molecule has 33 heavy (non-hydrogen) atoms. The van der Waals surface area contributed by atoms with Crippen LogP contribution in [0.1, 0.15) is 23.1 Å². The standard InChI is InChI=1S/C25H18N2O6/c28-21-13-22-26(21)23(24(29)32-14-15-9-11-16(12-10-15)27(30)31)25(33-22)19-7-3-1-5-17(19)18-6-2-4-8-20(18)25/h1-12,22-23H,13-14H2/t22-,23+/m1/s1. The number of non-ortho nitro benzene ring substituents is 1. The molecule has 2 saturated heterocycles. The first kappa shape index (κ1) is 19.6. The molecule has 0 saturated carbocycles. The van der Waals surface area contributed by atoms with E-state index in [2.05, 4.69) is 0 Å². The minimum Gasteiger partial charge on any atom is -0.459 e. The lowest BCUT2D eigenvalue weighted by Gasteiger charge is -2.36. The van der Waals surface area contributed by atoms with Crippen molar-refractivity contribution < 1.29 is 24.0 Å². The second-order valence-electron chi connectivity index (χ2n) is 8.34. The zero-order valence-corrected chi connectivity index (χ0v) is 17.3. The number of hydrogen-bond acceptors (Lipinski definition) is 6. The van der Waals surface area contributed by atoms with E-state index < -0.39 is 28.8 Å². The van der Waals surface area contributed by atoms with E-state index in [0.717, 1.165) is 22.3 Å². The highest BCUT2D eigenvalue weighted by Gasteiger charge is 2.67. The van der Waals surface area contributed by atoms with Crippen molar-refractivity contribution in [1.82, 2.24) is 4.90 Å². The number of ether oxygens (including phenoxy) is 2. The minimum absolute atomic E-state index is 0.0404. The number of carbonyl (C=O) groups excluding carboxylic acids is 2. The van der Waals surface area contributed by atoms with E-state index in [9.17, 15) is 19.7 Å². The van der Waals surface area contributed by atoms with E-state index in [0.29, 0.717) is 5.56 Å². The molecule has 2 fully saturated rings. The van der Waals surface area contributed by atoms with E-state index in [1.165, 1.54) is 17.0 Å². The molecule has 1 spiro atoms. The van der Waals surface area contributed by atoms with Crippen molar-refractivity contribution in [3.8, 4) is 11.1 Å². The molecule has 164 valence electrons. The molecule has 3 aromatic carbocycles. The predicted octanol–water partition coefficient (Wildman–Crippen LogP) is 3.52. The molecule has 2 atom stereocenters. The number of nitro benzene ring substituents is 1. The van der Waals surface area contributed by atoms with Gasteiger partial charge in [0, 0.05) is 12.1 Å². The van der Waals surface area contributed by atoms with Gasteiger partial charge < -0.3 is 9.47 Å². The molecule has 0 bridgehead atoms. The zero-order chi connectivity index (χ0) is 22.7. The molecular weight excluding hydrogens is 424 g/mol. The van der Waals surface area contributed by atoms with Crippen LogP contribution in [0.3, 0.4) is 0 Å². The summed E-state index contributed by atoms with van der Waals surface area (Å²) in [4.78, 5) is 37.9. The monoisotopic (exact) mass is 442 g/mol. The highest BCUT2D eigenvalue weighted by Crippen LogP contribution is 2.58. The van der Waals surface area contributed by atoms with Gasteiger partial charge in [0.2, 0.25) is 5.91 Å². The summed E-state index contributed by atoms with van der Waals surface area (Å²) in [5.41, 5.74) is 3.04. The molecule has 1 amide bonds. The van der Waals surface area contributed by atoms with Crippen molar-refractivity contribution in [2.24, 2.45) is 0 Å². The lowest BCUT2D eigenvalue weighted by Crippen LogP contribution is -2.57. The normalized spacial score (nSPS) is 21.2. The molecule has 1 aliphatic carbocycles. The Labute approximate surface area is 188 Å². The molecule has 0 aromatic heterocycles. The molecular formula is C25H18N2O6. The van der Waals surface area contributed by atoms with Gasteiger partial charge in [0.25, 0.3) is 5.69 Å². The third-order valence-electron chi connectivity index (χ3n) is 6.63. The smallest absolute Gasteiger partial charge is 0.333 e. The van der Waals surface area contributed by atoms with E-state index in [-0.39, 0.29) is 24.6 Å². The maximum Gasteiger partial charge on any atom is 0.333 e. The molecule has 0 N–H and O–H groups in total. The molecule has 0 unspecified atom stereocenters. The number of hydrogen-bond donors (Lipinski definition) is 0. The van der Waals surface area contributed by atoms with Gasteiger partial charge >= 0.3 is 5.97 Å². The van der Waals surface area contributed by atoms with Crippen molar-refractivity contribution >= 4 is 17.6 Å². The minimum atomic E-state index is -1.14. The van der Waals surface area contributed by atoms with Gasteiger partial charge in [-0.05, 0) is 39.9 Å². The van der Waals surface area contributed by atoms with Crippen molar-refractivity contribution in [3.63, 3.8) is 0 Å². The SMILES string of the molecule is O=C(OCc1ccc([N+](=O)[O-])cc1)[C@@H]1N2C(=O)C[C@H]2OC12c1ccccc1-c1ccccc12. The average molecular weight is 442 g/mol. The number of rotatable bonds is 4. The topological polar surface area (TPSA) is 99.0 Å². The van der Waals surface area contributed by atoms with Crippen LogP contribution in [0.5, 0.6) is 0 Å². The second kappa shape index (κ2) is 6.98. The number of benzene rings is 3. The average Bonchev–Trinajstić information content (AvgIpc) is 3.28. The number of carbonyl (C=O) groups is 2. The van der Waals surface area contributed by atoms with Gasteiger partial charge in [-0.1, -0.05) is 48.5 Å². The second-order valence-corrected chi connectivity index (χ2v) is 8.34. The van der Waals surface area contributed by atoms with Crippen LogP contribution in [0.25, 0.3) is 11.1 Å². The van der Waals surface area contributed by atoms with Gasteiger partial charge in [0.1, 0.15) is 12.8 Å². The Balaban J connectivity index is 1.38. The maximum absolute atomic E-state index is 13.5. The van der Waals surface area contributed by atoms with Crippen LogP contribution in [0.4, 0.5) is 5.69 Å². The van der Waals surface area contributed by atoms with Crippen LogP contribution in [0.15, 0.2) is 72.8 Å². The van der Waals surface area contributed by atoms with E-state index in [4.69, 9.17) is 9.47 Å². The van der Waals surface area contributed by atoms with Crippen LogP contribution < -0.4 is 0 Å². The summed E-state index contributed by atoms with van der Waals surface area (Å²) in [6, 6.07) is 20.4. The van der Waals surface area contributed by atoms with Crippen LogP contribution >= 0.6 is 0 Å². The third-order valence-corrected chi connectivity index (χ3v) is 6.63. The summed E-state index contributed by atoms with van der Waals surface area (Å²) in [5, 5.41) is 10.9. The van der Waals surface area contributed by atoms with Crippen molar-refractivity contribution in [1.29, 1.82) is 0 Å². The third kappa shape index (κ3) is 2.67. The Hall–Kier alpha value is -4.04. The highest BCUT2D eigenvalue weighted by molar-refractivity contribution is 5.94. The lowest BCUT2D eigenvalue weighted by atomic mass is 9.83. The Bertz CT molecular complexity index is 1270. The largest absolute Gasteiger partial charge is 0.459 e. The fourth-order valence-electron chi connectivity index (χ4n) is 5.16. The summed E-state index contributed by atoms with van der Waals surface area (Å²) in [7, 11) is 0. The number of amides is 1. The first-order valence-corrected chi connectivity index (χ1v) is 10.6. The van der Waals surface area contributed by atoms with Crippen molar-refractivity contribution in [2.45, 2.75) is 30.9 Å². The molecule has 3 aliphatic rings. The van der Waals surface area contributed by atoms with Gasteiger partial charge in [0.05, 0.1) is 11.3 Å². The molecule has 8 nitrogen and oxygen atoms in total. The Kier molecular flexibility index (Phi) is 4.15. The summed E-state index contributed by atoms with van der Waals surface area (Å²) in [6.07, 6.45) is -0.272. The van der Waals surface area contributed by atoms with E-state index in [1.807, 2.05) is 48.5 Å². The summed E-state index contributed by atoms with van der Waals surface area (Å²) < 4.78 is 12.1. The molecule has 2 aliphatic heterocycles.